The van der Waals surface area contributed by atoms with Gasteiger partial charge in [-0.25, -0.2) is 13.2 Å². The summed E-state index contributed by atoms with van der Waals surface area (Å²) >= 11 is 0. The molecule has 40 nitrogen and oxygen atoms in total. The van der Waals surface area contributed by atoms with E-state index in [1.807, 2.05) is 0 Å². The second kappa shape index (κ2) is 52.0. The van der Waals surface area contributed by atoms with Crippen LogP contribution in [0.3, 0.4) is 0 Å². The van der Waals surface area contributed by atoms with E-state index in [0.29, 0.717) is 12.8 Å². The number of aliphatic hydroxyl groups is 14. The first-order valence-corrected chi connectivity index (χ1v) is 43.1. The number of carboxylic acids is 1. The molecule has 42 heteroatoms. The molecule has 0 aromatic heterocycles. The van der Waals surface area contributed by atoms with E-state index in [1.54, 1.807) is 6.08 Å². The second-order valence-corrected chi connectivity index (χ2v) is 32.4. The number of carbonyl (C=O) groups is 4. The molecule has 5 aliphatic rings. The Hall–Kier alpha value is -3.60. The van der Waals surface area contributed by atoms with Gasteiger partial charge in [0.25, 0.3) is 5.79 Å². The van der Waals surface area contributed by atoms with E-state index >= 15 is 0 Å². The fraction of sp³-hybridized carbons (Fsp3) is 0.918. The second-order valence-electron chi connectivity index (χ2n) is 30.3. The number of allylic oxidation sites excluding steroid dienone is 1. The topological polar surface area (TPSA) is 627 Å². The third-order valence-electron chi connectivity index (χ3n) is 21.0. The quantitative estimate of drug-likeness (QED) is 0.0189. The zero-order chi connectivity index (χ0) is 85.2. The lowest BCUT2D eigenvalue weighted by Crippen LogP contribution is -2.71. The number of carboxylic acid groups (broad SMARTS) is 1. The predicted octanol–water partition coefficient (Wildman–Crippen LogP) is -1.39. The van der Waals surface area contributed by atoms with Gasteiger partial charge in [0.1, 0.15) is 116 Å². The molecular weight excluding hydrogens is 1570 g/mol. The molecule has 0 spiro atoms. The largest absolute Gasteiger partial charge is 0.477 e. The minimum absolute atomic E-state index is 0.120. The monoisotopic (exact) mass is 1710 g/mol. The highest BCUT2D eigenvalue weighted by Crippen LogP contribution is 2.41. The number of aliphatic carboxylic acids is 1. The molecular formula is C73H131N3O37S2. The Morgan fingerprint density at radius 2 is 0.965 bits per heavy atom. The first-order valence-electron chi connectivity index (χ1n) is 40.4. The smallest absolute Gasteiger partial charge is 0.397 e. The number of amides is 3. The van der Waals surface area contributed by atoms with Crippen molar-refractivity contribution in [2.75, 3.05) is 39.6 Å². The van der Waals surface area contributed by atoms with E-state index < -0.39 is 262 Å². The Labute approximate surface area is 672 Å². The van der Waals surface area contributed by atoms with Gasteiger partial charge >= 0.3 is 26.8 Å². The SMILES string of the molecule is CCCCCCCCCCCCC/C=C/[C@@H](O)[C@H](CO[C@@H]1O[C@H](CO)[C@@H](O[C@@H]2O[C@H](CO)[C@H](O[C@@H]3O[C@H](COS(=O)(=O)O)[C@H](O[C@@H]4O[C@H](CO)[C@H](O)[C@H](O[C@]5(C(=O)O)C[C@H](O)[C@@H](NC(C)=O)[C@H]([C@@H](O)[C@@H](O)CO)O5)[C@H]4O)[C@H](O)[C@H]3NC(C)=O)[C@H](OS(=O)(=O)O)[C@H]2O)[C@H](O)[C@H]1O)NC(=O)CCCCCCCCCCCCCCCCC. The lowest BCUT2D eigenvalue weighted by atomic mass is 9.88. The van der Waals surface area contributed by atoms with E-state index in [-0.39, 0.29) is 6.42 Å². The molecule has 0 saturated carbocycles. The molecule has 0 aromatic carbocycles. The summed E-state index contributed by atoms with van der Waals surface area (Å²) in [4.78, 5) is 51.9. The maximum absolute atomic E-state index is 13.5. The molecule has 5 rings (SSSR count). The summed E-state index contributed by atoms with van der Waals surface area (Å²) in [6.07, 6.45) is -21.3. The fourth-order valence-electron chi connectivity index (χ4n) is 14.7. The summed E-state index contributed by atoms with van der Waals surface area (Å²) in [6.45, 7) is -0.678. The molecule has 0 aromatic rings. The van der Waals surface area contributed by atoms with Gasteiger partial charge in [0.2, 0.25) is 17.7 Å². The van der Waals surface area contributed by atoms with E-state index in [9.17, 15) is 122 Å². The minimum atomic E-state index is -5.81. The molecule has 5 saturated heterocycles. The van der Waals surface area contributed by atoms with Crippen LogP contribution < -0.4 is 16.0 Å². The maximum atomic E-state index is 13.5. The van der Waals surface area contributed by atoms with Gasteiger partial charge in [-0.05, 0) is 19.3 Å². The van der Waals surface area contributed by atoms with Crippen molar-refractivity contribution in [3.05, 3.63) is 12.2 Å². The van der Waals surface area contributed by atoms with Crippen LogP contribution in [-0.4, -0.2) is 337 Å². The molecule has 115 heavy (non-hydrogen) atoms. The average Bonchev–Trinajstić information content (AvgIpc) is 0.754. The predicted molar refractivity (Wildman–Crippen MR) is 399 cm³/mol. The van der Waals surface area contributed by atoms with Gasteiger partial charge in [0, 0.05) is 26.7 Å². The molecule has 20 N–H and O–H groups in total. The summed E-state index contributed by atoms with van der Waals surface area (Å²) in [5, 5.41) is 175. The molecule has 0 unspecified atom stereocenters. The number of nitrogens with one attached hydrogen (secondary N) is 3. The number of hydrogen-bond donors (Lipinski definition) is 20. The van der Waals surface area contributed by atoms with E-state index in [0.717, 1.165) is 78.1 Å². The fourth-order valence-corrected chi connectivity index (χ4v) is 15.5. The molecule has 3 amide bonds. The summed E-state index contributed by atoms with van der Waals surface area (Å²) in [5.41, 5.74) is 0. The summed E-state index contributed by atoms with van der Waals surface area (Å²) in [7, 11) is -11.4. The Morgan fingerprint density at radius 3 is 1.45 bits per heavy atom. The average molecular weight is 1710 g/mol. The standard InChI is InChI=1S/C73H131N3O37S2/c1-5-7-9-11-13-15-17-19-20-22-24-26-28-30-32-34-52(86)76-44(45(83)33-31-29-27-25-23-21-18-16-14-12-10-8-6-2)40-102-69-59(91)58(90)62(49(38-79)105-69)108-71-61(93)67(113-115(99,100)101)64(50(39-80)106-71)110-68-54(75-43(4)82)57(89)63(51(107-68)41-103-114(96,97)98)109-70-60(92)66(56(88)48(37-78)104-70)112-73(72(94)95)35-46(84)53(74-42(3)81)65(111-73)55(87)47(85)36-77/h31,33,44-51,53-71,77-80,83-85,87-93H,5-30,32,34-41H2,1-4H3,(H,74,81)(H,75,82)(H,76,86)(H,94,95)(H,96,97,98)(H,99,100,101)/b33-31+/t44-,45+,46-,47-,48+,49+,50+,51+,53+,54+,55-,56-,57+,58+,59+,60+,61+,62+,63-,64-,65+,66-,67+,68-,69+,70-,71-,73-/m0/s1. The highest BCUT2D eigenvalue weighted by molar-refractivity contribution is 7.81. The third-order valence-corrected chi connectivity index (χ3v) is 21.9. The van der Waals surface area contributed by atoms with Crippen LogP contribution in [-0.2, 0) is 95.7 Å². The Morgan fingerprint density at radius 1 is 0.513 bits per heavy atom. The van der Waals surface area contributed by atoms with Crippen molar-refractivity contribution < 1.29 is 177 Å². The van der Waals surface area contributed by atoms with E-state index in [2.05, 4.69) is 34.0 Å². The lowest BCUT2D eigenvalue weighted by Gasteiger charge is -2.51. The van der Waals surface area contributed by atoms with Crippen LogP contribution in [0.4, 0.5) is 0 Å². The van der Waals surface area contributed by atoms with Crippen LogP contribution in [0.25, 0.3) is 0 Å². The van der Waals surface area contributed by atoms with Crippen molar-refractivity contribution in [3.8, 4) is 0 Å². The minimum Gasteiger partial charge on any atom is -0.477 e. The number of rotatable bonds is 56. The van der Waals surface area contributed by atoms with Crippen molar-refractivity contribution in [1.82, 2.24) is 16.0 Å². The van der Waals surface area contributed by atoms with Gasteiger partial charge in [0.15, 0.2) is 25.2 Å². The molecule has 0 radical (unpaired) electrons. The van der Waals surface area contributed by atoms with Crippen LogP contribution in [0.5, 0.6) is 0 Å². The van der Waals surface area contributed by atoms with Gasteiger partial charge in [-0.1, -0.05) is 180 Å². The van der Waals surface area contributed by atoms with Crippen LogP contribution in [0, 0.1) is 0 Å². The van der Waals surface area contributed by atoms with Gasteiger partial charge in [-0.2, -0.15) is 16.8 Å². The molecule has 0 aliphatic carbocycles. The van der Waals surface area contributed by atoms with Crippen LogP contribution in [0.1, 0.15) is 214 Å². The zero-order valence-electron chi connectivity index (χ0n) is 66.1. The summed E-state index contributed by atoms with van der Waals surface area (Å²) in [6, 6.07) is -5.07. The maximum Gasteiger partial charge on any atom is 0.397 e. The van der Waals surface area contributed by atoms with E-state index in [1.165, 1.54) is 102 Å². The highest BCUT2D eigenvalue weighted by Gasteiger charge is 2.62. The van der Waals surface area contributed by atoms with Crippen molar-refractivity contribution in [2.45, 2.75) is 385 Å². The number of hydrogen-bond acceptors (Lipinski definition) is 34. The zero-order valence-corrected chi connectivity index (χ0v) is 67.7. The highest BCUT2D eigenvalue weighted by atomic mass is 32.3. The molecule has 5 fully saturated rings. The Bertz CT molecular complexity index is 3050. The number of aliphatic hydroxyl groups excluding tert-OH is 14. The molecule has 5 aliphatic heterocycles. The van der Waals surface area contributed by atoms with Crippen LogP contribution in [0.15, 0.2) is 12.2 Å². The van der Waals surface area contributed by atoms with E-state index in [4.69, 9.17) is 51.6 Å². The first kappa shape index (κ1) is 102. The van der Waals surface area contributed by atoms with Gasteiger partial charge < -0.3 is 140 Å². The third kappa shape index (κ3) is 33.3. The van der Waals surface area contributed by atoms with Crippen molar-refractivity contribution in [1.29, 1.82) is 0 Å². The first-order chi connectivity index (χ1) is 54.6. The van der Waals surface area contributed by atoms with Gasteiger partial charge in [-0.15, -0.1) is 0 Å². The number of ether oxygens (including phenoxy) is 10. The van der Waals surface area contributed by atoms with Crippen molar-refractivity contribution in [3.63, 3.8) is 0 Å². The molecule has 672 valence electrons. The Kier molecular flexibility index (Phi) is 46.1. The summed E-state index contributed by atoms with van der Waals surface area (Å²) in [5.74, 6) is -7.84. The van der Waals surface area contributed by atoms with Crippen LogP contribution in [0.2, 0.25) is 0 Å². The normalized spacial score (nSPS) is 33.3. The molecule has 5 heterocycles. The molecule has 28 atom stereocenters. The van der Waals surface area contributed by atoms with Crippen LogP contribution >= 0.6 is 0 Å². The Balaban J connectivity index is 1.33. The van der Waals surface area contributed by atoms with Gasteiger partial charge in [0.05, 0.1) is 63.9 Å². The van der Waals surface area contributed by atoms with Crippen molar-refractivity contribution in [2.24, 2.45) is 0 Å². The van der Waals surface area contributed by atoms with Gasteiger partial charge in [-0.3, -0.25) is 23.5 Å². The number of unbranched alkanes of at least 4 members (excludes halogenated alkanes) is 25. The summed E-state index contributed by atoms with van der Waals surface area (Å²) < 4.78 is 137. The number of carbonyl (C=O) groups excluding carboxylic acids is 3. The lowest BCUT2D eigenvalue weighted by molar-refractivity contribution is -0.389. The molecule has 0 bridgehead atoms. The van der Waals surface area contributed by atoms with Crippen molar-refractivity contribution >= 4 is 44.5 Å².